The molecule has 0 aromatic carbocycles. The molecule has 3 aromatic heterocycles. The minimum atomic E-state index is -3.64. The van der Waals surface area contributed by atoms with Crippen LogP contribution in [0, 0.1) is 0 Å². The van der Waals surface area contributed by atoms with Crippen molar-refractivity contribution in [2.24, 2.45) is 0 Å². The maximum absolute atomic E-state index is 13.4. The highest BCUT2D eigenvalue weighted by Crippen LogP contribution is 2.41. The van der Waals surface area contributed by atoms with Crippen molar-refractivity contribution in [3.63, 3.8) is 0 Å². The lowest BCUT2D eigenvalue weighted by Crippen LogP contribution is -2.62. The quantitative estimate of drug-likeness (QED) is 0.642. The van der Waals surface area contributed by atoms with E-state index in [-0.39, 0.29) is 12.5 Å². The van der Waals surface area contributed by atoms with Gasteiger partial charge in [0.05, 0.1) is 6.04 Å². The maximum Gasteiger partial charge on any atom is 0.407 e. The number of carboxylic acid groups (broad SMARTS) is 1. The minimum absolute atomic E-state index is 0.0225. The number of likely N-dealkylation sites (tertiary alicyclic amines) is 1. The molecule has 0 saturated carbocycles. The molecule has 1 amide bonds. The number of fused-ring (bicyclic) bond motifs is 1. The number of H-pyrrole nitrogens is 1. The average molecular weight is 442 g/mol. The van der Waals surface area contributed by atoms with E-state index in [1.165, 1.54) is 14.8 Å². The molecule has 162 valence electrons. The first-order valence-corrected chi connectivity index (χ1v) is 11.8. The Balaban J connectivity index is 1.33. The van der Waals surface area contributed by atoms with Gasteiger partial charge in [-0.05, 0) is 48.1 Å². The van der Waals surface area contributed by atoms with Crippen LogP contribution < -0.4 is 0 Å². The van der Waals surface area contributed by atoms with E-state index in [0.29, 0.717) is 31.5 Å². The van der Waals surface area contributed by atoms with E-state index in [1.54, 1.807) is 30.7 Å². The SMILES string of the molecule is O=C(O)N1CC(S(=O)(=O)N2CCC(c3c[nH]c4ncccc34)CC2)C1c1cccnc1. The van der Waals surface area contributed by atoms with Gasteiger partial charge in [-0.15, -0.1) is 0 Å². The summed E-state index contributed by atoms with van der Waals surface area (Å²) in [6.07, 6.45) is 7.16. The second-order valence-corrected chi connectivity index (χ2v) is 10.2. The van der Waals surface area contributed by atoms with Crippen molar-refractivity contribution in [1.82, 2.24) is 24.2 Å². The molecule has 0 aliphatic carbocycles. The summed E-state index contributed by atoms with van der Waals surface area (Å²) in [5.41, 5.74) is 2.62. The molecule has 2 aliphatic rings. The summed E-state index contributed by atoms with van der Waals surface area (Å²) < 4.78 is 28.3. The summed E-state index contributed by atoms with van der Waals surface area (Å²) in [6.45, 7) is 0.817. The van der Waals surface area contributed by atoms with E-state index in [9.17, 15) is 18.3 Å². The summed E-state index contributed by atoms with van der Waals surface area (Å²) in [6, 6.07) is 6.63. The first-order chi connectivity index (χ1) is 15.0. The molecule has 0 radical (unpaired) electrons. The Hall–Kier alpha value is -2.98. The van der Waals surface area contributed by atoms with Crippen LogP contribution in [-0.4, -0.2) is 68.7 Å². The normalized spacial score (nSPS) is 23.0. The average Bonchev–Trinajstić information content (AvgIpc) is 3.17. The summed E-state index contributed by atoms with van der Waals surface area (Å²) >= 11 is 0. The first kappa shape index (κ1) is 20.0. The third-order valence-electron chi connectivity index (χ3n) is 6.46. The van der Waals surface area contributed by atoms with Crippen LogP contribution in [0.2, 0.25) is 0 Å². The van der Waals surface area contributed by atoms with Gasteiger partial charge in [0.2, 0.25) is 10.0 Å². The fourth-order valence-electron chi connectivity index (χ4n) is 4.80. The Morgan fingerprint density at radius 3 is 2.65 bits per heavy atom. The number of nitrogens with one attached hydrogen (secondary N) is 1. The van der Waals surface area contributed by atoms with Crippen LogP contribution in [0.15, 0.2) is 49.1 Å². The lowest BCUT2D eigenvalue weighted by Gasteiger charge is -2.47. The van der Waals surface area contributed by atoms with Crippen molar-refractivity contribution in [2.45, 2.75) is 30.1 Å². The summed E-state index contributed by atoms with van der Waals surface area (Å²) in [5.74, 6) is 0.260. The Kier molecular flexibility index (Phi) is 4.90. The third kappa shape index (κ3) is 3.35. The van der Waals surface area contributed by atoms with Crippen LogP contribution in [0.5, 0.6) is 0 Å². The lowest BCUT2D eigenvalue weighted by molar-refractivity contribution is 0.0760. The lowest BCUT2D eigenvalue weighted by atomic mass is 9.90. The van der Waals surface area contributed by atoms with E-state index in [4.69, 9.17) is 0 Å². The largest absolute Gasteiger partial charge is 0.465 e. The molecule has 2 aliphatic heterocycles. The monoisotopic (exact) mass is 441 g/mol. The highest BCUT2D eigenvalue weighted by atomic mass is 32.2. The molecule has 5 heterocycles. The first-order valence-electron chi connectivity index (χ1n) is 10.3. The van der Waals surface area contributed by atoms with Crippen LogP contribution in [0.25, 0.3) is 11.0 Å². The van der Waals surface area contributed by atoms with Crippen LogP contribution >= 0.6 is 0 Å². The molecule has 5 rings (SSSR count). The van der Waals surface area contributed by atoms with Gasteiger partial charge in [-0.1, -0.05) is 6.07 Å². The molecule has 2 fully saturated rings. The Labute approximate surface area is 179 Å². The molecular formula is C21H23N5O4S. The van der Waals surface area contributed by atoms with Gasteiger partial charge in [0.15, 0.2) is 0 Å². The van der Waals surface area contributed by atoms with Gasteiger partial charge in [-0.25, -0.2) is 22.5 Å². The molecule has 3 aromatic rings. The number of aromatic nitrogens is 3. The van der Waals surface area contributed by atoms with E-state index in [2.05, 4.69) is 15.0 Å². The smallest absolute Gasteiger partial charge is 0.407 e. The molecular weight excluding hydrogens is 418 g/mol. The van der Waals surface area contributed by atoms with Crippen molar-refractivity contribution in [3.8, 4) is 0 Å². The predicted octanol–water partition coefficient (Wildman–Crippen LogP) is 2.57. The maximum atomic E-state index is 13.4. The number of rotatable bonds is 4. The van der Waals surface area contributed by atoms with Crippen molar-refractivity contribution in [2.75, 3.05) is 19.6 Å². The Bertz CT molecular complexity index is 1200. The fourth-order valence-corrected chi connectivity index (χ4v) is 6.88. The van der Waals surface area contributed by atoms with E-state index >= 15 is 0 Å². The number of sulfonamides is 1. The molecule has 2 unspecified atom stereocenters. The molecule has 0 bridgehead atoms. The number of carbonyl (C=O) groups is 1. The topological polar surface area (TPSA) is 119 Å². The van der Waals surface area contributed by atoms with Gasteiger partial charge >= 0.3 is 6.09 Å². The Morgan fingerprint density at radius 1 is 1.16 bits per heavy atom. The fraction of sp³-hybridized carbons (Fsp3) is 0.381. The summed E-state index contributed by atoms with van der Waals surface area (Å²) in [7, 11) is -3.64. The van der Waals surface area contributed by atoms with Crippen molar-refractivity contribution >= 4 is 27.1 Å². The zero-order valence-corrected chi connectivity index (χ0v) is 17.6. The van der Waals surface area contributed by atoms with Crippen molar-refractivity contribution in [1.29, 1.82) is 0 Å². The number of aromatic amines is 1. The molecule has 2 atom stereocenters. The van der Waals surface area contributed by atoms with Crippen molar-refractivity contribution in [3.05, 3.63) is 60.2 Å². The molecule has 9 nitrogen and oxygen atoms in total. The molecule has 10 heteroatoms. The van der Waals surface area contributed by atoms with E-state index in [0.717, 1.165) is 11.0 Å². The number of nitrogens with zero attached hydrogens (tertiary/aromatic N) is 4. The van der Waals surface area contributed by atoms with Crippen LogP contribution in [0.1, 0.15) is 35.9 Å². The zero-order chi connectivity index (χ0) is 21.6. The minimum Gasteiger partial charge on any atom is -0.465 e. The summed E-state index contributed by atoms with van der Waals surface area (Å²) in [5, 5.41) is 9.76. The van der Waals surface area contributed by atoms with Crippen LogP contribution in [0.3, 0.4) is 0 Å². The van der Waals surface area contributed by atoms with Gasteiger partial charge in [-0.3, -0.25) is 9.88 Å². The molecule has 31 heavy (non-hydrogen) atoms. The number of hydrogen-bond acceptors (Lipinski definition) is 5. The Morgan fingerprint density at radius 2 is 1.94 bits per heavy atom. The number of hydrogen-bond donors (Lipinski definition) is 2. The number of amides is 1. The van der Waals surface area contributed by atoms with Gasteiger partial charge in [0, 0.05) is 49.8 Å². The highest BCUT2D eigenvalue weighted by molar-refractivity contribution is 7.89. The highest BCUT2D eigenvalue weighted by Gasteiger charge is 2.52. The van der Waals surface area contributed by atoms with E-state index in [1.807, 2.05) is 18.3 Å². The van der Waals surface area contributed by atoms with Crippen molar-refractivity contribution < 1.29 is 18.3 Å². The van der Waals surface area contributed by atoms with Gasteiger partial charge in [-0.2, -0.15) is 0 Å². The number of piperidine rings is 1. The predicted molar refractivity (Wildman–Crippen MR) is 114 cm³/mol. The van der Waals surface area contributed by atoms with Gasteiger partial charge in [0.25, 0.3) is 0 Å². The van der Waals surface area contributed by atoms with Crippen LogP contribution in [0.4, 0.5) is 4.79 Å². The van der Waals surface area contributed by atoms with Gasteiger partial charge < -0.3 is 10.1 Å². The third-order valence-corrected chi connectivity index (χ3v) is 8.71. The second-order valence-electron chi connectivity index (χ2n) is 8.07. The second kappa shape index (κ2) is 7.61. The molecule has 2 N–H and O–H groups in total. The van der Waals surface area contributed by atoms with Gasteiger partial charge in [0.1, 0.15) is 10.9 Å². The van der Waals surface area contributed by atoms with E-state index < -0.39 is 27.4 Å². The zero-order valence-electron chi connectivity index (χ0n) is 16.8. The molecule has 0 spiro atoms. The summed E-state index contributed by atoms with van der Waals surface area (Å²) in [4.78, 5) is 24.3. The molecule has 2 saturated heterocycles. The number of pyridine rings is 2. The van der Waals surface area contributed by atoms with Crippen LogP contribution in [-0.2, 0) is 10.0 Å². The standard InChI is InChI=1S/C21H23N5O4S/c27-21(28)26-13-18(19(26)15-3-1-7-22-11-15)31(29,30)25-9-5-14(6-10-25)17-12-24-20-16(17)4-2-8-23-20/h1-4,7-8,11-12,14,18-19H,5-6,9-10,13H2,(H,23,24)(H,27,28).